The van der Waals surface area contributed by atoms with E-state index in [-0.39, 0.29) is 24.0 Å². The maximum Gasteiger partial charge on any atom is 0.194 e. The Labute approximate surface area is 152 Å². The van der Waals surface area contributed by atoms with Crippen molar-refractivity contribution in [2.45, 2.75) is 26.9 Å². The van der Waals surface area contributed by atoms with Crippen molar-refractivity contribution in [1.82, 2.24) is 25.0 Å². The van der Waals surface area contributed by atoms with Crippen LogP contribution in [0.4, 0.5) is 0 Å². The molecule has 0 fully saturated rings. The van der Waals surface area contributed by atoms with E-state index in [1.54, 1.807) is 16.0 Å². The first-order chi connectivity index (χ1) is 10.1. The largest absolute Gasteiger partial charge is 0.357 e. The molecule has 8 heteroatoms. The quantitative estimate of drug-likeness (QED) is 0.446. The molecule has 0 bridgehead atoms. The smallest absolute Gasteiger partial charge is 0.194 e. The summed E-state index contributed by atoms with van der Waals surface area (Å²) >= 11 is 1.68. The van der Waals surface area contributed by atoms with Crippen LogP contribution in [0, 0.1) is 6.92 Å². The van der Waals surface area contributed by atoms with Crippen LogP contribution >= 0.6 is 35.3 Å². The molecule has 0 radical (unpaired) electrons. The highest BCUT2D eigenvalue weighted by Crippen LogP contribution is 2.10. The van der Waals surface area contributed by atoms with Gasteiger partial charge in [0.2, 0.25) is 0 Å². The number of nitrogens with one attached hydrogen (secondary N) is 1. The molecule has 0 saturated carbocycles. The molecule has 2 aromatic rings. The fourth-order valence-electron chi connectivity index (χ4n) is 1.99. The van der Waals surface area contributed by atoms with Gasteiger partial charge in [0.25, 0.3) is 0 Å². The molecule has 122 valence electrons. The van der Waals surface area contributed by atoms with Gasteiger partial charge in [0.05, 0.1) is 30.0 Å². The van der Waals surface area contributed by atoms with Crippen molar-refractivity contribution in [3.05, 3.63) is 34.0 Å². The first-order valence-corrected chi connectivity index (χ1v) is 7.84. The zero-order chi connectivity index (χ0) is 15.2. The summed E-state index contributed by atoms with van der Waals surface area (Å²) in [6, 6.07) is 0. The summed E-state index contributed by atoms with van der Waals surface area (Å²) in [6.45, 7) is 6.31. The molecule has 0 spiro atoms. The second kappa shape index (κ2) is 9.09. The highest BCUT2D eigenvalue weighted by molar-refractivity contribution is 14.0. The molecule has 0 saturated heterocycles. The molecule has 0 unspecified atom stereocenters. The average Bonchev–Trinajstić information content (AvgIpc) is 3.03. The maximum atomic E-state index is 4.65. The Morgan fingerprint density at radius 3 is 2.82 bits per heavy atom. The van der Waals surface area contributed by atoms with Gasteiger partial charge >= 0.3 is 0 Å². The minimum atomic E-state index is 0. The van der Waals surface area contributed by atoms with E-state index in [0.717, 1.165) is 35.3 Å². The number of nitrogens with zero attached hydrogens (tertiary/aromatic N) is 5. The van der Waals surface area contributed by atoms with E-state index in [4.69, 9.17) is 0 Å². The Bertz CT molecular complexity index is 606. The van der Waals surface area contributed by atoms with Crippen LogP contribution in [0.3, 0.4) is 0 Å². The Morgan fingerprint density at radius 1 is 1.50 bits per heavy atom. The van der Waals surface area contributed by atoms with Crippen LogP contribution in [0.15, 0.2) is 22.8 Å². The number of rotatable bonds is 5. The maximum absolute atomic E-state index is 4.65. The van der Waals surface area contributed by atoms with E-state index >= 15 is 0 Å². The lowest BCUT2D eigenvalue weighted by Gasteiger charge is -2.21. The fourth-order valence-corrected chi connectivity index (χ4v) is 2.59. The SMILES string of the molecule is CCNC(=NCc1cnn(C)c1)N(C)Cc1csc(C)n1.I. The molecule has 0 aliphatic carbocycles. The highest BCUT2D eigenvalue weighted by atomic mass is 127. The van der Waals surface area contributed by atoms with Crippen LogP contribution in [-0.4, -0.2) is 39.2 Å². The lowest BCUT2D eigenvalue weighted by atomic mass is 10.4. The summed E-state index contributed by atoms with van der Waals surface area (Å²) in [5.74, 6) is 0.881. The van der Waals surface area contributed by atoms with E-state index in [1.807, 2.05) is 33.4 Å². The minimum Gasteiger partial charge on any atom is -0.357 e. The Balaban J connectivity index is 0.00000242. The third-order valence-electron chi connectivity index (χ3n) is 2.93. The molecule has 6 nitrogen and oxygen atoms in total. The van der Waals surface area contributed by atoms with Crippen molar-refractivity contribution in [2.24, 2.45) is 12.0 Å². The predicted molar refractivity (Wildman–Crippen MR) is 102 cm³/mol. The van der Waals surface area contributed by atoms with Gasteiger partial charge in [-0.2, -0.15) is 5.10 Å². The van der Waals surface area contributed by atoms with Crippen LogP contribution in [0.2, 0.25) is 0 Å². The summed E-state index contributed by atoms with van der Waals surface area (Å²) in [6.07, 6.45) is 3.83. The van der Waals surface area contributed by atoms with E-state index in [9.17, 15) is 0 Å². The van der Waals surface area contributed by atoms with Crippen molar-refractivity contribution >= 4 is 41.3 Å². The summed E-state index contributed by atoms with van der Waals surface area (Å²) in [5, 5.41) is 10.7. The lowest BCUT2D eigenvalue weighted by Crippen LogP contribution is -2.38. The molecule has 22 heavy (non-hydrogen) atoms. The molecule has 2 aromatic heterocycles. The Morgan fingerprint density at radius 2 is 2.27 bits per heavy atom. The summed E-state index contributed by atoms with van der Waals surface area (Å²) in [7, 11) is 3.94. The van der Waals surface area contributed by atoms with Gasteiger partial charge in [0.1, 0.15) is 0 Å². The van der Waals surface area contributed by atoms with Crippen LogP contribution in [0.25, 0.3) is 0 Å². The number of hydrogen-bond donors (Lipinski definition) is 1. The van der Waals surface area contributed by atoms with Gasteiger partial charge in [-0.25, -0.2) is 9.98 Å². The number of hydrogen-bond acceptors (Lipinski definition) is 4. The predicted octanol–water partition coefficient (Wildman–Crippen LogP) is 2.40. The minimum absolute atomic E-state index is 0. The molecule has 0 aromatic carbocycles. The number of aromatic nitrogens is 3. The molecule has 2 rings (SSSR count). The van der Waals surface area contributed by atoms with E-state index in [2.05, 4.69) is 37.6 Å². The number of aliphatic imine (C=N–C) groups is 1. The van der Waals surface area contributed by atoms with Gasteiger partial charge in [-0.1, -0.05) is 0 Å². The van der Waals surface area contributed by atoms with E-state index in [1.165, 1.54) is 0 Å². The molecule has 0 aliphatic rings. The molecular formula is C14H23IN6S. The third kappa shape index (κ3) is 5.56. The first kappa shape index (κ1) is 18.9. The molecular weight excluding hydrogens is 411 g/mol. The van der Waals surface area contributed by atoms with Gasteiger partial charge in [-0.05, 0) is 13.8 Å². The van der Waals surface area contributed by atoms with Gasteiger partial charge in [0.15, 0.2) is 5.96 Å². The van der Waals surface area contributed by atoms with Crippen molar-refractivity contribution in [3.8, 4) is 0 Å². The van der Waals surface area contributed by atoms with Gasteiger partial charge in [-0.3, -0.25) is 4.68 Å². The summed E-state index contributed by atoms with van der Waals surface area (Å²) in [4.78, 5) is 11.2. The molecule has 0 aliphatic heterocycles. The Hall–Kier alpha value is -1.16. The average molecular weight is 434 g/mol. The van der Waals surface area contributed by atoms with E-state index < -0.39 is 0 Å². The zero-order valence-electron chi connectivity index (χ0n) is 13.4. The van der Waals surface area contributed by atoms with Crippen LogP contribution in [0.1, 0.15) is 23.2 Å². The Kier molecular flexibility index (Phi) is 7.80. The third-order valence-corrected chi connectivity index (χ3v) is 3.75. The molecule has 1 N–H and O–H groups in total. The van der Waals surface area contributed by atoms with Crippen LogP contribution < -0.4 is 5.32 Å². The molecule has 0 atom stereocenters. The van der Waals surface area contributed by atoms with Gasteiger partial charge < -0.3 is 10.2 Å². The van der Waals surface area contributed by atoms with Gasteiger partial charge in [0, 0.05) is 37.8 Å². The van der Waals surface area contributed by atoms with Crippen LogP contribution in [0.5, 0.6) is 0 Å². The second-order valence-corrected chi connectivity index (χ2v) is 5.97. The van der Waals surface area contributed by atoms with Crippen molar-refractivity contribution in [3.63, 3.8) is 0 Å². The molecule has 2 heterocycles. The summed E-state index contributed by atoms with van der Waals surface area (Å²) < 4.78 is 1.79. The van der Waals surface area contributed by atoms with Crippen molar-refractivity contribution < 1.29 is 0 Å². The lowest BCUT2D eigenvalue weighted by molar-refractivity contribution is 0.471. The normalized spacial score (nSPS) is 11.2. The number of thiazole rings is 1. The monoisotopic (exact) mass is 434 g/mol. The van der Waals surface area contributed by atoms with Crippen molar-refractivity contribution in [2.75, 3.05) is 13.6 Å². The van der Waals surface area contributed by atoms with Crippen LogP contribution in [-0.2, 0) is 20.1 Å². The number of guanidine groups is 1. The second-order valence-electron chi connectivity index (χ2n) is 4.91. The number of halogens is 1. The summed E-state index contributed by atoms with van der Waals surface area (Å²) in [5.41, 5.74) is 2.18. The first-order valence-electron chi connectivity index (χ1n) is 6.96. The van der Waals surface area contributed by atoms with E-state index in [0.29, 0.717) is 6.54 Å². The topological polar surface area (TPSA) is 58.3 Å². The number of aryl methyl sites for hydroxylation is 2. The standard InChI is InChI=1S/C14H22N6S.HI/c1-5-15-14(16-6-12-7-17-20(4)8-12)19(3)9-13-10-21-11(2)18-13;/h7-8,10H,5-6,9H2,1-4H3,(H,15,16);1H. The molecule has 0 amide bonds. The highest BCUT2D eigenvalue weighted by Gasteiger charge is 2.08. The van der Waals surface area contributed by atoms with Crippen molar-refractivity contribution in [1.29, 1.82) is 0 Å². The fraction of sp³-hybridized carbons (Fsp3) is 0.500. The zero-order valence-corrected chi connectivity index (χ0v) is 16.6. The van der Waals surface area contributed by atoms with Gasteiger partial charge in [-0.15, -0.1) is 35.3 Å².